The van der Waals surface area contributed by atoms with Gasteiger partial charge in [0.15, 0.2) is 9.84 Å². The lowest BCUT2D eigenvalue weighted by molar-refractivity contribution is 0.169. The lowest BCUT2D eigenvalue weighted by Crippen LogP contribution is -2.34. The molecule has 0 heterocycles. The number of rotatable bonds is 6. The van der Waals surface area contributed by atoms with Crippen LogP contribution >= 0.6 is 0 Å². The molecule has 0 bridgehead atoms. The fourth-order valence-corrected chi connectivity index (χ4v) is 2.21. The molecular formula is C10H23NO3S. The molecule has 1 unspecified atom stereocenters. The number of aliphatic hydroxyl groups is 1. The lowest BCUT2D eigenvalue weighted by atomic mass is 10.2. The molecule has 0 aliphatic heterocycles. The van der Waals surface area contributed by atoms with Gasteiger partial charge < -0.3 is 10.4 Å². The summed E-state index contributed by atoms with van der Waals surface area (Å²) >= 11 is 0. The van der Waals surface area contributed by atoms with Crippen molar-refractivity contribution in [2.45, 2.75) is 45.0 Å². The van der Waals surface area contributed by atoms with Gasteiger partial charge in [-0.05, 0) is 33.7 Å². The maximum Gasteiger partial charge on any atom is 0.155 e. The summed E-state index contributed by atoms with van der Waals surface area (Å²) in [7, 11) is -3.11. The Morgan fingerprint density at radius 2 is 1.87 bits per heavy atom. The first-order valence-corrected chi connectivity index (χ1v) is 6.97. The van der Waals surface area contributed by atoms with Gasteiger partial charge in [0.05, 0.1) is 16.6 Å². The molecular weight excluding hydrogens is 214 g/mol. The maximum absolute atomic E-state index is 11.7. The third-order valence-corrected chi connectivity index (χ3v) is 4.92. The summed E-state index contributed by atoms with van der Waals surface area (Å²) in [6, 6.07) is 0. The molecule has 0 aromatic rings. The summed E-state index contributed by atoms with van der Waals surface area (Å²) in [6.07, 6.45) is -0.283. The molecule has 0 amide bonds. The van der Waals surface area contributed by atoms with Crippen LogP contribution in [0.2, 0.25) is 0 Å². The largest absolute Gasteiger partial charge is 0.392 e. The van der Waals surface area contributed by atoms with Gasteiger partial charge in [0.25, 0.3) is 0 Å². The van der Waals surface area contributed by atoms with Crippen LogP contribution in [0, 0.1) is 0 Å². The molecule has 0 aromatic carbocycles. The zero-order valence-corrected chi connectivity index (χ0v) is 10.9. The lowest BCUT2D eigenvalue weighted by Gasteiger charge is -2.20. The summed E-state index contributed by atoms with van der Waals surface area (Å²) in [4.78, 5) is 0. The molecule has 92 valence electrons. The van der Waals surface area contributed by atoms with E-state index in [1.807, 2.05) is 6.92 Å². The summed E-state index contributed by atoms with van der Waals surface area (Å²) in [5, 5.41) is 12.5. The quantitative estimate of drug-likeness (QED) is 0.708. The summed E-state index contributed by atoms with van der Waals surface area (Å²) in [5.74, 6) is 0.0447. The molecule has 5 heteroatoms. The Hall–Kier alpha value is -0.130. The van der Waals surface area contributed by atoms with Crippen LogP contribution in [0.15, 0.2) is 0 Å². The monoisotopic (exact) mass is 237 g/mol. The molecule has 0 rings (SSSR count). The molecule has 0 fully saturated rings. The topological polar surface area (TPSA) is 66.4 Å². The Bertz CT molecular complexity index is 267. The van der Waals surface area contributed by atoms with Crippen LogP contribution in [0.5, 0.6) is 0 Å². The summed E-state index contributed by atoms with van der Waals surface area (Å²) < 4.78 is 22.7. The van der Waals surface area contributed by atoms with Crippen LogP contribution in [-0.4, -0.2) is 43.2 Å². The third-order valence-electron chi connectivity index (χ3n) is 2.28. The van der Waals surface area contributed by atoms with Crippen molar-refractivity contribution < 1.29 is 13.5 Å². The standard InChI is InChI=1S/C10H23NO3S/c1-5-11-8-9(12)6-7-15(13,14)10(2,3)4/h9,11-12H,5-8H2,1-4H3. The van der Waals surface area contributed by atoms with Gasteiger partial charge in [-0.3, -0.25) is 0 Å². The Labute approximate surface area is 93.0 Å². The second kappa shape index (κ2) is 5.82. The molecule has 0 radical (unpaired) electrons. The minimum absolute atomic E-state index is 0.0447. The van der Waals surface area contributed by atoms with E-state index in [4.69, 9.17) is 0 Å². The first-order valence-electron chi connectivity index (χ1n) is 5.32. The van der Waals surface area contributed by atoms with Crippen molar-refractivity contribution in [2.75, 3.05) is 18.8 Å². The van der Waals surface area contributed by atoms with Crippen molar-refractivity contribution in [2.24, 2.45) is 0 Å². The Balaban J connectivity index is 4.06. The summed E-state index contributed by atoms with van der Waals surface area (Å²) in [5.41, 5.74) is 0. The molecule has 1 atom stereocenters. The minimum Gasteiger partial charge on any atom is -0.392 e. The molecule has 0 aromatic heterocycles. The average Bonchev–Trinajstić information content (AvgIpc) is 2.09. The molecule has 15 heavy (non-hydrogen) atoms. The van der Waals surface area contributed by atoms with Crippen molar-refractivity contribution in [1.29, 1.82) is 0 Å². The first kappa shape index (κ1) is 14.9. The van der Waals surface area contributed by atoms with Gasteiger partial charge in [0.1, 0.15) is 0 Å². The van der Waals surface area contributed by atoms with Crippen LogP contribution in [-0.2, 0) is 9.84 Å². The van der Waals surface area contributed by atoms with Gasteiger partial charge in [-0.2, -0.15) is 0 Å². The second-order valence-corrected chi connectivity index (χ2v) is 7.54. The van der Waals surface area contributed by atoms with Crippen molar-refractivity contribution in [3.8, 4) is 0 Å². The normalized spacial score (nSPS) is 15.3. The first-order chi connectivity index (χ1) is 6.70. The number of sulfone groups is 1. The van der Waals surface area contributed by atoms with Crippen molar-refractivity contribution in [3.63, 3.8) is 0 Å². The van der Waals surface area contributed by atoms with Crippen molar-refractivity contribution in [1.82, 2.24) is 5.32 Å². The van der Waals surface area contributed by atoms with Gasteiger partial charge in [0.2, 0.25) is 0 Å². The molecule has 2 N–H and O–H groups in total. The van der Waals surface area contributed by atoms with Crippen LogP contribution in [0.25, 0.3) is 0 Å². The van der Waals surface area contributed by atoms with Crippen LogP contribution in [0.3, 0.4) is 0 Å². The zero-order chi connectivity index (χ0) is 12.1. The minimum atomic E-state index is -3.11. The smallest absolute Gasteiger partial charge is 0.155 e. The fraction of sp³-hybridized carbons (Fsp3) is 1.00. The Morgan fingerprint density at radius 1 is 1.33 bits per heavy atom. The highest BCUT2D eigenvalue weighted by Gasteiger charge is 2.28. The Kier molecular flexibility index (Phi) is 5.77. The molecule has 0 spiro atoms. The van der Waals surface area contributed by atoms with E-state index in [1.165, 1.54) is 0 Å². The van der Waals surface area contributed by atoms with E-state index >= 15 is 0 Å². The number of nitrogens with one attached hydrogen (secondary N) is 1. The number of likely N-dealkylation sites (N-methyl/N-ethyl adjacent to an activating group) is 1. The second-order valence-electron chi connectivity index (χ2n) is 4.68. The highest BCUT2D eigenvalue weighted by Crippen LogP contribution is 2.17. The van der Waals surface area contributed by atoms with E-state index in [0.717, 1.165) is 6.54 Å². The molecule has 0 saturated carbocycles. The van der Waals surface area contributed by atoms with E-state index in [1.54, 1.807) is 20.8 Å². The molecule has 0 aliphatic carbocycles. The van der Waals surface area contributed by atoms with Gasteiger partial charge >= 0.3 is 0 Å². The SMILES string of the molecule is CCNCC(O)CCS(=O)(=O)C(C)(C)C. The molecule has 0 aliphatic rings. The third kappa shape index (κ3) is 5.49. The van der Waals surface area contributed by atoms with Crippen LogP contribution in [0.1, 0.15) is 34.1 Å². The average molecular weight is 237 g/mol. The van der Waals surface area contributed by atoms with Gasteiger partial charge in [-0.25, -0.2) is 8.42 Å². The van der Waals surface area contributed by atoms with Gasteiger partial charge in [-0.1, -0.05) is 6.92 Å². The van der Waals surface area contributed by atoms with Gasteiger partial charge in [-0.15, -0.1) is 0 Å². The van der Waals surface area contributed by atoms with Crippen molar-refractivity contribution >= 4 is 9.84 Å². The highest BCUT2D eigenvalue weighted by molar-refractivity contribution is 7.92. The number of hydrogen-bond acceptors (Lipinski definition) is 4. The molecule has 0 saturated heterocycles. The van der Waals surface area contributed by atoms with E-state index < -0.39 is 20.7 Å². The van der Waals surface area contributed by atoms with E-state index in [9.17, 15) is 13.5 Å². The van der Waals surface area contributed by atoms with E-state index in [-0.39, 0.29) is 5.75 Å². The van der Waals surface area contributed by atoms with Crippen LogP contribution < -0.4 is 5.32 Å². The fourth-order valence-electron chi connectivity index (χ4n) is 1.01. The van der Waals surface area contributed by atoms with Crippen molar-refractivity contribution in [3.05, 3.63) is 0 Å². The number of hydrogen-bond donors (Lipinski definition) is 2. The highest BCUT2D eigenvalue weighted by atomic mass is 32.2. The molecule has 4 nitrogen and oxygen atoms in total. The summed E-state index contributed by atoms with van der Waals surface area (Å²) in [6.45, 7) is 8.22. The van der Waals surface area contributed by atoms with E-state index in [2.05, 4.69) is 5.32 Å². The number of aliphatic hydroxyl groups excluding tert-OH is 1. The maximum atomic E-state index is 11.7. The predicted octanol–water partition coefficient (Wildman–Crippen LogP) is 0.560. The Morgan fingerprint density at radius 3 is 2.27 bits per heavy atom. The van der Waals surface area contributed by atoms with Gasteiger partial charge in [0, 0.05) is 6.54 Å². The predicted molar refractivity (Wildman–Crippen MR) is 62.7 cm³/mol. The zero-order valence-electron chi connectivity index (χ0n) is 10.1. The van der Waals surface area contributed by atoms with E-state index in [0.29, 0.717) is 13.0 Å². The van der Waals surface area contributed by atoms with Crippen LogP contribution in [0.4, 0.5) is 0 Å².